The molecule has 35 heavy (non-hydrogen) atoms. The summed E-state index contributed by atoms with van der Waals surface area (Å²) in [6.07, 6.45) is 2.27. The van der Waals surface area contributed by atoms with Gasteiger partial charge in [-0.3, -0.25) is 19.3 Å². The number of imide groups is 1. The standard InChI is InChI=1S/C25H27ClN2O6S/c1-5-15(3)34-23-19(26)11-16(12-20(23)32-4)13-21-24(30)28(25(31)35-21)14-22(29)27-17-7-9-18(10-8-17)33-6-2/h7-13,15H,5-6,14H2,1-4H3,(H,27,29)/b21-13+/t15-/m0/s1. The molecule has 3 rings (SSSR count). The number of thioether (sulfide) groups is 1. The minimum Gasteiger partial charge on any atom is -0.494 e. The van der Waals surface area contributed by atoms with Crippen LogP contribution in [0.3, 0.4) is 0 Å². The first-order valence-electron chi connectivity index (χ1n) is 11.1. The van der Waals surface area contributed by atoms with Crippen molar-refractivity contribution < 1.29 is 28.6 Å². The van der Waals surface area contributed by atoms with Gasteiger partial charge in [-0.25, -0.2) is 0 Å². The maximum absolute atomic E-state index is 12.8. The summed E-state index contributed by atoms with van der Waals surface area (Å²) in [6, 6.07) is 10.1. The number of nitrogens with one attached hydrogen (secondary N) is 1. The van der Waals surface area contributed by atoms with E-state index in [4.69, 9.17) is 25.8 Å². The Bertz CT molecular complexity index is 1140. The van der Waals surface area contributed by atoms with E-state index in [9.17, 15) is 14.4 Å². The van der Waals surface area contributed by atoms with Crippen molar-refractivity contribution in [1.29, 1.82) is 0 Å². The number of halogens is 1. The number of nitrogens with zero attached hydrogens (tertiary/aromatic N) is 1. The summed E-state index contributed by atoms with van der Waals surface area (Å²) in [5, 5.41) is 2.47. The quantitative estimate of drug-likeness (QED) is 0.409. The number of benzene rings is 2. The van der Waals surface area contributed by atoms with Gasteiger partial charge in [-0.05, 0) is 80.1 Å². The van der Waals surface area contributed by atoms with Crippen molar-refractivity contribution in [2.75, 3.05) is 25.6 Å². The van der Waals surface area contributed by atoms with Gasteiger partial charge >= 0.3 is 0 Å². The first kappa shape index (κ1) is 26.4. The first-order chi connectivity index (χ1) is 16.7. The van der Waals surface area contributed by atoms with Gasteiger partial charge in [0, 0.05) is 5.69 Å². The molecule has 8 nitrogen and oxygen atoms in total. The van der Waals surface area contributed by atoms with Gasteiger partial charge in [0.1, 0.15) is 12.3 Å². The largest absolute Gasteiger partial charge is 0.494 e. The molecule has 1 aliphatic heterocycles. The Kier molecular flexibility index (Phi) is 9.06. The molecule has 1 fully saturated rings. The fourth-order valence-corrected chi connectivity index (χ4v) is 4.26. The fraction of sp³-hybridized carbons (Fsp3) is 0.320. The molecule has 0 bridgehead atoms. The Labute approximate surface area is 213 Å². The molecule has 0 radical (unpaired) electrons. The Morgan fingerprint density at radius 1 is 1.20 bits per heavy atom. The molecule has 1 aliphatic rings. The van der Waals surface area contributed by atoms with Crippen LogP contribution in [-0.4, -0.2) is 48.3 Å². The molecule has 2 aromatic rings. The van der Waals surface area contributed by atoms with Crippen molar-refractivity contribution in [2.24, 2.45) is 0 Å². The predicted octanol–water partition coefficient (Wildman–Crippen LogP) is 5.60. The molecule has 3 amide bonds. The lowest BCUT2D eigenvalue weighted by atomic mass is 10.1. The van der Waals surface area contributed by atoms with Crippen LogP contribution in [0.2, 0.25) is 5.02 Å². The second-order valence-corrected chi connectivity index (χ2v) is 9.04. The van der Waals surface area contributed by atoms with Gasteiger partial charge in [0.15, 0.2) is 11.5 Å². The normalized spacial score (nSPS) is 15.3. The predicted molar refractivity (Wildman–Crippen MR) is 137 cm³/mol. The Morgan fingerprint density at radius 2 is 1.91 bits per heavy atom. The third-order valence-electron chi connectivity index (χ3n) is 5.07. The lowest BCUT2D eigenvalue weighted by Gasteiger charge is -2.17. The topological polar surface area (TPSA) is 94.2 Å². The Balaban J connectivity index is 1.71. The average molecular weight is 519 g/mol. The molecule has 1 saturated heterocycles. The number of carbonyl (C=O) groups is 3. The van der Waals surface area contributed by atoms with E-state index in [-0.39, 0.29) is 11.0 Å². The maximum atomic E-state index is 12.8. The van der Waals surface area contributed by atoms with Crippen molar-refractivity contribution in [1.82, 2.24) is 4.90 Å². The molecule has 0 unspecified atom stereocenters. The number of amides is 3. The first-order valence-corrected chi connectivity index (χ1v) is 12.3. The SMILES string of the molecule is CCOc1ccc(NC(=O)CN2C(=O)S/C(=C/c3cc(Cl)c(O[C@@H](C)CC)c(OC)c3)C2=O)cc1. The number of rotatable bonds is 10. The molecular weight excluding hydrogens is 492 g/mol. The van der Waals surface area contributed by atoms with Crippen molar-refractivity contribution in [3.05, 3.63) is 51.9 Å². The number of ether oxygens (including phenoxy) is 3. The summed E-state index contributed by atoms with van der Waals surface area (Å²) in [4.78, 5) is 38.8. The van der Waals surface area contributed by atoms with Gasteiger partial charge in [-0.15, -0.1) is 0 Å². The van der Waals surface area contributed by atoms with E-state index in [1.165, 1.54) is 13.2 Å². The third-order valence-corrected chi connectivity index (χ3v) is 6.26. The number of methoxy groups -OCH3 is 1. The van der Waals surface area contributed by atoms with E-state index < -0.39 is 23.6 Å². The molecule has 10 heteroatoms. The second-order valence-electron chi connectivity index (χ2n) is 7.64. The second kappa shape index (κ2) is 12.0. The van der Waals surface area contributed by atoms with Gasteiger partial charge in [0.2, 0.25) is 5.91 Å². The fourth-order valence-electron chi connectivity index (χ4n) is 3.15. The zero-order valence-corrected chi connectivity index (χ0v) is 21.5. The minimum absolute atomic E-state index is 0.0579. The van der Waals surface area contributed by atoms with E-state index in [0.29, 0.717) is 40.1 Å². The van der Waals surface area contributed by atoms with Crippen LogP contribution in [-0.2, 0) is 9.59 Å². The van der Waals surface area contributed by atoms with Crippen LogP contribution in [0.5, 0.6) is 17.2 Å². The van der Waals surface area contributed by atoms with Crippen LogP contribution < -0.4 is 19.5 Å². The third kappa shape index (κ3) is 6.70. The molecular formula is C25H27ClN2O6S. The van der Waals surface area contributed by atoms with E-state index >= 15 is 0 Å². The maximum Gasteiger partial charge on any atom is 0.294 e. The van der Waals surface area contributed by atoms with Gasteiger partial charge in [0.25, 0.3) is 11.1 Å². The van der Waals surface area contributed by atoms with Crippen LogP contribution in [0, 0.1) is 0 Å². The summed E-state index contributed by atoms with van der Waals surface area (Å²) in [6.45, 7) is 5.93. The monoisotopic (exact) mass is 518 g/mol. The van der Waals surface area contributed by atoms with Gasteiger partial charge in [-0.2, -0.15) is 0 Å². The summed E-state index contributed by atoms with van der Waals surface area (Å²) in [5.41, 5.74) is 1.09. The van der Waals surface area contributed by atoms with E-state index in [1.54, 1.807) is 36.4 Å². The van der Waals surface area contributed by atoms with Crippen LogP contribution in [0.1, 0.15) is 32.8 Å². The highest BCUT2D eigenvalue weighted by Crippen LogP contribution is 2.39. The Hall–Kier alpha value is -3.17. The molecule has 2 aromatic carbocycles. The van der Waals surface area contributed by atoms with E-state index in [0.717, 1.165) is 23.1 Å². The lowest BCUT2D eigenvalue weighted by molar-refractivity contribution is -0.127. The highest BCUT2D eigenvalue weighted by Gasteiger charge is 2.36. The van der Waals surface area contributed by atoms with Crippen molar-refractivity contribution in [3.63, 3.8) is 0 Å². The van der Waals surface area contributed by atoms with Crippen LogP contribution in [0.25, 0.3) is 6.08 Å². The molecule has 0 aromatic heterocycles. The van der Waals surface area contributed by atoms with Gasteiger partial charge in [-0.1, -0.05) is 18.5 Å². The van der Waals surface area contributed by atoms with Crippen molar-refractivity contribution in [2.45, 2.75) is 33.3 Å². The average Bonchev–Trinajstić information content (AvgIpc) is 3.09. The number of hydrogen-bond acceptors (Lipinski definition) is 7. The van der Waals surface area contributed by atoms with E-state index in [1.807, 2.05) is 20.8 Å². The number of anilines is 1. The molecule has 0 aliphatic carbocycles. The minimum atomic E-state index is -0.558. The molecule has 1 heterocycles. The van der Waals surface area contributed by atoms with Crippen molar-refractivity contribution in [3.8, 4) is 17.2 Å². The lowest BCUT2D eigenvalue weighted by Crippen LogP contribution is -2.36. The van der Waals surface area contributed by atoms with E-state index in [2.05, 4.69) is 5.32 Å². The smallest absolute Gasteiger partial charge is 0.294 e. The van der Waals surface area contributed by atoms with Gasteiger partial charge in [0.05, 0.1) is 29.7 Å². The Morgan fingerprint density at radius 3 is 2.54 bits per heavy atom. The summed E-state index contributed by atoms with van der Waals surface area (Å²) in [7, 11) is 1.50. The highest BCUT2D eigenvalue weighted by molar-refractivity contribution is 8.18. The van der Waals surface area contributed by atoms with Crippen molar-refractivity contribution >= 4 is 52.2 Å². The zero-order valence-electron chi connectivity index (χ0n) is 19.9. The molecule has 1 N–H and O–H groups in total. The molecule has 0 saturated carbocycles. The molecule has 186 valence electrons. The summed E-state index contributed by atoms with van der Waals surface area (Å²) < 4.78 is 16.6. The highest BCUT2D eigenvalue weighted by atomic mass is 35.5. The summed E-state index contributed by atoms with van der Waals surface area (Å²) >= 11 is 7.16. The molecule has 1 atom stereocenters. The zero-order chi connectivity index (χ0) is 25.5. The number of carbonyl (C=O) groups excluding carboxylic acids is 3. The van der Waals surface area contributed by atoms with Crippen LogP contribution in [0.15, 0.2) is 41.3 Å². The molecule has 0 spiro atoms. The number of hydrogen-bond donors (Lipinski definition) is 1. The van der Waals surface area contributed by atoms with Crippen LogP contribution >= 0.6 is 23.4 Å². The van der Waals surface area contributed by atoms with Crippen LogP contribution in [0.4, 0.5) is 10.5 Å². The summed E-state index contributed by atoms with van der Waals surface area (Å²) in [5.74, 6) is 0.460. The van der Waals surface area contributed by atoms with Gasteiger partial charge < -0.3 is 19.5 Å².